The molecule has 2 heteroatoms. The molecule has 0 unspecified atom stereocenters. The predicted octanol–water partition coefficient (Wildman–Crippen LogP) is 5.12. The van der Waals surface area contributed by atoms with E-state index in [1.165, 1.54) is 31.2 Å². The Bertz CT molecular complexity index is 942. The van der Waals surface area contributed by atoms with Gasteiger partial charge in [-0.15, -0.1) is 0 Å². The van der Waals surface area contributed by atoms with E-state index in [0.29, 0.717) is 0 Å². The van der Waals surface area contributed by atoms with Crippen LogP contribution in [0.1, 0.15) is 33.4 Å². The zero-order chi connectivity index (χ0) is 17.3. The third-order valence-electron chi connectivity index (χ3n) is 4.86. The minimum absolute atomic E-state index is 0.0618. The predicted molar refractivity (Wildman–Crippen MR) is 114 cm³/mol. The maximum absolute atomic E-state index is 2.42. The van der Waals surface area contributed by atoms with Crippen molar-refractivity contribution in [2.24, 2.45) is 0 Å². The van der Waals surface area contributed by atoms with E-state index in [9.17, 15) is 0 Å². The summed E-state index contributed by atoms with van der Waals surface area (Å²) in [6, 6.07) is 27.0. The number of rotatable bonds is 2. The molecule has 0 saturated carbocycles. The maximum atomic E-state index is 2.42. The van der Waals surface area contributed by atoms with Crippen LogP contribution in [0.4, 0.5) is 0 Å². The van der Waals surface area contributed by atoms with Gasteiger partial charge in [-0.3, -0.25) is 0 Å². The van der Waals surface area contributed by atoms with Gasteiger partial charge in [0.05, 0.1) is 0 Å². The molecule has 0 radical (unpaired) electrons. The number of benzene rings is 3. The van der Waals surface area contributed by atoms with Crippen LogP contribution < -0.4 is 0 Å². The Morgan fingerprint density at radius 2 is 0.962 bits per heavy atom. The van der Waals surface area contributed by atoms with Crippen LogP contribution in [0.2, 0.25) is 0 Å². The van der Waals surface area contributed by atoms with Crippen molar-refractivity contribution in [3.63, 3.8) is 0 Å². The molecule has 3 aromatic rings. The minimum atomic E-state index is -0.0618. The molecule has 0 nitrogen and oxygen atoms in total. The van der Waals surface area contributed by atoms with Crippen LogP contribution >= 0.6 is 0 Å². The van der Waals surface area contributed by atoms with Crippen molar-refractivity contribution in [2.45, 2.75) is 8.94 Å². The summed E-state index contributed by atoms with van der Waals surface area (Å²) in [5.41, 5.74) is 8.77. The van der Waals surface area contributed by atoms with E-state index >= 15 is 0 Å². The van der Waals surface area contributed by atoms with Gasteiger partial charge in [0.2, 0.25) is 0 Å². The van der Waals surface area contributed by atoms with Crippen molar-refractivity contribution >= 4 is 61.2 Å². The van der Waals surface area contributed by atoms with E-state index in [-0.39, 0.29) is 41.8 Å². The molecule has 0 amide bonds. The van der Waals surface area contributed by atoms with E-state index in [0.717, 1.165) is 0 Å². The Morgan fingerprint density at radius 1 is 0.538 bits per heavy atom. The fourth-order valence-electron chi connectivity index (χ4n) is 3.47. The zero-order valence-corrected chi connectivity index (χ0v) is 19.0. The van der Waals surface area contributed by atoms with Gasteiger partial charge in [-0.1, -0.05) is 0 Å². The molecule has 26 heavy (non-hydrogen) atoms. The molecule has 0 aromatic heterocycles. The van der Waals surface area contributed by atoms with Crippen LogP contribution in [-0.2, 0) is 8.94 Å². The Balaban J connectivity index is 1.41. The summed E-state index contributed by atoms with van der Waals surface area (Å²) in [4.78, 5) is 0. The summed E-state index contributed by atoms with van der Waals surface area (Å²) in [6.45, 7) is 0. The number of fused-ring (bicyclic) bond motifs is 2. The molecular formula is C24H18Te2. The van der Waals surface area contributed by atoms with Gasteiger partial charge in [0.25, 0.3) is 0 Å². The summed E-state index contributed by atoms with van der Waals surface area (Å²) in [7, 11) is 0. The second kappa shape index (κ2) is 7.38. The van der Waals surface area contributed by atoms with Gasteiger partial charge in [0.15, 0.2) is 0 Å². The Labute approximate surface area is 175 Å². The van der Waals surface area contributed by atoms with Crippen LogP contribution in [0.15, 0.2) is 72.8 Å². The standard InChI is InChI=1S/C24H18Te2/c1-3-7-21-19(5-1)15-25-23(21)13-17-9-11-18(12-10-17)14-24-22-8-4-2-6-20(22)16-26-24/h1-14H,15-16H2/b23-13+,24-14+. The van der Waals surface area contributed by atoms with Crippen molar-refractivity contribution in [3.05, 3.63) is 106 Å². The third kappa shape index (κ3) is 3.33. The van der Waals surface area contributed by atoms with Crippen LogP contribution in [0.3, 0.4) is 0 Å². The molecule has 0 saturated heterocycles. The average molecular weight is 562 g/mol. The van der Waals surface area contributed by atoms with Gasteiger partial charge in [-0.05, 0) is 0 Å². The molecule has 0 bridgehead atoms. The molecule has 0 N–H and O–H groups in total. The fraction of sp³-hybridized carbons (Fsp3) is 0.0833. The Hall–Kier alpha value is -1.28. The van der Waals surface area contributed by atoms with Crippen molar-refractivity contribution in [2.75, 3.05) is 0 Å². The topological polar surface area (TPSA) is 0 Å². The van der Waals surface area contributed by atoms with E-state index in [4.69, 9.17) is 0 Å². The molecule has 5 rings (SSSR count). The quantitative estimate of drug-likeness (QED) is 0.382. The molecule has 2 aliphatic heterocycles. The van der Waals surface area contributed by atoms with Gasteiger partial charge in [0, 0.05) is 0 Å². The Kier molecular flexibility index (Phi) is 4.79. The molecule has 2 aliphatic rings. The van der Waals surface area contributed by atoms with E-state index in [1.807, 2.05) is 0 Å². The SMILES string of the molecule is C(=C1\[Te]Cc2ccccc21)/c1ccc(/C=C2/[Te]Cc3ccccc32)cc1. The summed E-state index contributed by atoms with van der Waals surface area (Å²) in [5, 5.41) is 0. The van der Waals surface area contributed by atoms with Crippen molar-refractivity contribution in [1.29, 1.82) is 0 Å². The molecule has 0 atom stereocenters. The number of hydrogen-bond acceptors (Lipinski definition) is 0. The monoisotopic (exact) mass is 566 g/mol. The molecule has 0 spiro atoms. The van der Waals surface area contributed by atoms with Gasteiger partial charge in [-0.25, -0.2) is 0 Å². The van der Waals surface area contributed by atoms with Crippen molar-refractivity contribution in [1.82, 2.24) is 0 Å². The third-order valence-corrected chi connectivity index (χ3v) is 11.2. The summed E-state index contributed by atoms with van der Waals surface area (Å²) >= 11 is -0.124. The van der Waals surface area contributed by atoms with Crippen LogP contribution in [0.25, 0.3) is 19.4 Å². The van der Waals surface area contributed by atoms with Crippen LogP contribution in [-0.4, -0.2) is 41.8 Å². The van der Waals surface area contributed by atoms with E-state index in [1.54, 1.807) is 18.4 Å². The van der Waals surface area contributed by atoms with Gasteiger partial charge >= 0.3 is 176 Å². The Morgan fingerprint density at radius 3 is 1.42 bits per heavy atom. The van der Waals surface area contributed by atoms with Crippen LogP contribution in [0, 0.1) is 0 Å². The molecule has 0 fully saturated rings. The summed E-state index contributed by atoms with van der Waals surface area (Å²) in [6.07, 6.45) is 4.84. The molecule has 126 valence electrons. The summed E-state index contributed by atoms with van der Waals surface area (Å²) < 4.78 is 5.82. The first-order valence-corrected chi connectivity index (χ1v) is 14.4. The molecule has 0 aliphatic carbocycles. The first kappa shape index (κ1) is 16.9. The second-order valence-electron chi connectivity index (χ2n) is 6.58. The zero-order valence-electron chi connectivity index (χ0n) is 14.3. The average Bonchev–Trinajstić information content (AvgIpc) is 3.28. The first-order chi connectivity index (χ1) is 12.9. The summed E-state index contributed by atoms with van der Waals surface area (Å²) in [5.74, 6) is 0. The molecular weight excluding hydrogens is 543 g/mol. The van der Waals surface area contributed by atoms with Gasteiger partial charge in [-0.2, -0.15) is 0 Å². The second-order valence-corrected chi connectivity index (χ2v) is 12.4. The van der Waals surface area contributed by atoms with Gasteiger partial charge in [0.1, 0.15) is 0 Å². The fourth-order valence-corrected chi connectivity index (χ4v) is 9.96. The molecule has 3 aromatic carbocycles. The first-order valence-electron chi connectivity index (χ1n) is 8.82. The van der Waals surface area contributed by atoms with E-state index in [2.05, 4.69) is 84.9 Å². The normalized spacial score (nSPS) is 18.3. The van der Waals surface area contributed by atoms with Gasteiger partial charge < -0.3 is 0 Å². The number of hydrogen-bond donors (Lipinski definition) is 0. The molecule has 2 heterocycles. The van der Waals surface area contributed by atoms with Crippen molar-refractivity contribution in [3.8, 4) is 0 Å². The van der Waals surface area contributed by atoms with Crippen LogP contribution in [0.5, 0.6) is 0 Å². The van der Waals surface area contributed by atoms with E-state index < -0.39 is 0 Å². The van der Waals surface area contributed by atoms with Crippen molar-refractivity contribution < 1.29 is 0 Å².